The predicted octanol–water partition coefficient (Wildman–Crippen LogP) is 8.23. The molecule has 0 aromatic heterocycles. The molecule has 2 atom stereocenters. The van der Waals surface area contributed by atoms with Gasteiger partial charge in [0.25, 0.3) is 0 Å². The topological polar surface area (TPSA) is 69.6 Å². The van der Waals surface area contributed by atoms with Gasteiger partial charge in [0.1, 0.15) is 0 Å². The molecular formula is C30H61NO3. The fourth-order valence-corrected chi connectivity index (χ4v) is 4.74. The highest BCUT2D eigenvalue weighted by molar-refractivity contribution is 5.75. The fraction of sp³-hybridized carbons (Fsp3) is 0.967. The van der Waals surface area contributed by atoms with Crippen molar-refractivity contribution < 1.29 is 15.0 Å². The summed E-state index contributed by atoms with van der Waals surface area (Å²) in [6.45, 7) is 3.86. The van der Waals surface area contributed by atoms with Gasteiger partial charge in [-0.2, -0.15) is 0 Å². The maximum absolute atomic E-state index is 11.4. The molecule has 0 radical (unpaired) electrons. The zero-order valence-electron chi connectivity index (χ0n) is 23.1. The van der Waals surface area contributed by atoms with E-state index in [-0.39, 0.29) is 12.5 Å². The summed E-state index contributed by atoms with van der Waals surface area (Å²) in [5, 5.41) is 22.2. The molecule has 4 nitrogen and oxygen atoms in total. The molecule has 0 rings (SSSR count). The summed E-state index contributed by atoms with van der Waals surface area (Å²) < 4.78 is 0. The second kappa shape index (κ2) is 27.0. The Morgan fingerprint density at radius 2 is 0.912 bits per heavy atom. The lowest BCUT2D eigenvalue weighted by Gasteiger charge is -2.22. The maximum Gasteiger partial charge on any atom is 0.220 e. The third-order valence-electron chi connectivity index (χ3n) is 7.18. The Kier molecular flexibility index (Phi) is 26.5. The van der Waals surface area contributed by atoms with Crippen LogP contribution >= 0.6 is 0 Å². The number of amides is 1. The van der Waals surface area contributed by atoms with Gasteiger partial charge in [-0.15, -0.1) is 0 Å². The van der Waals surface area contributed by atoms with E-state index in [1.165, 1.54) is 128 Å². The van der Waals surface area contributed by atoms with E-state index in [1.54, 1.807) is 6.92 Å². The van der Waals surface area contributed by atoms with Crippen molar-refractivity contribution >= 4 is 5.91 Å². The van der Waals surface area contributed by atoms with Crippen LogP contribution in [0.5, 0.6) is 0 Å². The van der Waals surface area contributed by atoms with Gasteiger partial charge in [0, 0.05) is 6.42 Å². The zero-order valence-corrected chi connectivity index (χ0v) is 23.1. The third-order valence-corrected chi connectivity index (χ3v) is 7.18. The van der Waals surface area contributed by atoms with Crippen molar-refractivity contribution in [3.05, 3.63) is 0 Å². The largest absolute Gasteiger partial charge is 0.394 e. The van der Waals surface area contributed by atoms with E-state index >= 15 is 0 Å². The van der Waals surface area contributed by atoms with Crippen molar-refractivity contribution in [3.8, 4) is 0 Å². The number of hydrogen-bond acceptors (Lipinski definition) is 3. The number of carbonyl (C=O) groups is 1. The number of nitrogens with one attached hydrogen (secondary N) is 1. The van der Waals surface area contributed by atoms with Crippen LogP contribution in [0.3, 0.4) is 0 Å². The molecule has 34 heavy (non-hydrogen) atoms. The van der Waals surface area contributed by atoms with Crippen molar-refractivity contribution in [2.75, 3.05) is 6.61 Å². The highest BCUT2D eigenvalue weighted by atomic mass is 16.3. The molecule has 3 N–H and O–H groups in total. The average molecular weight is 484 g/mol. The van der Waals surface area contributed by atoms with Gasteiger partial charge >= 0.3 is 0 Å². The molecule has 0 aliphatic carbocycles. The number of aliphatic hydroxyl groups excluding tert-OH is 2. The first kappa shape index (κ1) is 33.4. The van der Waals surface area contributed by atoms with Gasteiger partial charge in [0.05, 0.1) is 18.8 Å². The van der Waals surface area contributed by atoms with Gasteiger partial charge in [0.2, 0.25) is 5.91 Å². The van der Waals surface area contributed by atoms with Crippen LogP contribution in [-0.4, -0.2) is 34.9 Å². The van der Waals surface area contributed by atoms with Crippen molar-refractivity contribution in [1.29, 1.82) is 0 Å². The van der Waals surface area contributed by atoms with E-state index in [2.05, 4.69) is 12.2 Å². The summed E-state index contributed by atoms with van der Waals surface area (Å²) in [6, 6.07) is -0.526. The molecule has 0 aliphatic heterocycles. The Bertz CT molecular complexity index is 416. The minimum Gasteiger partial charge on any atom is -0.394 e. The van der Waals surface area contributed by atoms with Crippen LogP contribution in [0, 0.1) is 0 Å². The lowest BCUT2D eigenvalue weighted by Crippen LogP contribution is -2.45. The van der Waals surface area contributed by atoms with Crippen LogP contribution in [-0.2, 0) is 4.79 Å². The first-order chi connectivity index (χ1) is 16.7. The highest BCUT2D eigenvalue weighted by Crippen LogP contribution is 2.16. The molecular weight excluding hydrogens is 422 g/mol. The summed E-state index contributed by atoms with van der Waals surface area (Å²) in [7, 11) is 0. The van der Waals surface area contributed by atoms with Gasteiger partial charge in [-0.25, -0.2) is 0 Å². The summed E-state index contributed by atoms with van der Waals surface area (Å²) in [5.74, 6) is -0.118. The molecule has 0 aromatic carbocycles. The lowest BCUT2D eigenvalue weighted by atomic mass is 10.0. The standard InChI is InChI=1S/C30H61NO3/c1-3-5-6-7-8-9-10-11-12-13-14-15-16-17-18-19-20-21-22-23-24-25-26-29(33)28(27-32)31-30(34)4-2/h28-29,32-33H,3-27H2,1-2H3,(H,31,34). The van der Waals surface area contributed by atoms with E-state index in [4.69, 9.17) is 0 Å². The number of unbranched alkanes of at least 4 members (excludes halogenated alkanes) is 21. The quantitative estimate of drug-likeness (QED) is 0.103. The number of rotatable bonds is 27. The van der Waals surface area contributed by atoms with E-state index < -0.39 is 12.1 Å². The van der Waals surface area contributed by atoms with Crippen molar-refractivity contribution in [2.24, 2.45) is 0 Å². The van der Waals surface area contributed by atoms with Gasteiger partial charge < -0.3 is 15.5 Å². The molecule has 0 saturated carbocycles. The molecule has 0 heterocycles. The Hall–Kier alpha value is -0.610. The molecule has 0 bridgehead atoms. The van der Waals surface area contributed by atoms with Crippen molar-refractivity contribution in [2.45, 2.75) is 180 Å². The van der Waals surface area contributed by atoms with E-state index in [0.29, 0.717) is 12.8 Å². The molecule has 0 fully saturated rings. The summed E-state index contributed by atoms with van der Waals surface area (Å²) in [6.07, 6.45) is 30.5. The van der Waals surface area contributed by atoms with Gasteiger partial charge in [0.15, 0.2) is 0 Å². The monoisotopic (exact) mass is 483 g/mol. The average Bonchev–Trinajstić information content (AvgIpc) is 2.85. The SMILES string of the molecule is CCCCCCCCCCCCCCCCCCCCCCCCC(O)C(CO)NC(=O)CC. The number of aliphatic hydroxyl groups is 2. The number of carbonyl (C=O) groups excluding carboxylic acids is 1. The summed E-state index contributed by atoms with van der Waals surface area (Å²) in [4.78, 5) is 11.4. The normalized spacial score (nSPS) is 13.2. The second-order valence-electron chi connectivity index (χ2n) is 10.5. The fourth-order valence-electron chi connectivity index (χ4n) is 4.74. The Morgan fingerprint density at radius 1 is 0.588 bits per heavy atom. The van der Waals surface area contributed by atoms with E-state index in [0.717, 1.165) is 12.8 Å². The first-order valence-electron chi connectivity index (χ1n) is 15.2. The minimum atomic E-state index is -0.648. The molecule has 0 aliphatic rings. The molecule has 0 spiro atoms. The highest BCUT2D eigenvalue weighted by Gasteiger charge is 2.19. The molecule has 1 amide bonds. The molecule has 0 aromatic rings. The van der Waals surface area contributed by atoms with Crippen LogP contribution in [0.25, 0.3) is 0 Å². The summed E-state index contributed by atoms with van der Waals surface area (Å²) in [5.41, 5.74) is 0. The van der Waals surface area contributed by atoms with Crippen LogP contribution in [0.1, 0.15) is 168 Å². The van der Waals surface area contributed by atoms with Crippen molar-refractivity contribution in [3.63, 3.8) is 0 Å². The van der Waals surface area contributed by atoms with E-state index in [1.807, 2.05) is 0 Å². The van der Waals surface area contributed by atoms with Crippen LogP contribution < -0.4 is 5.32 Å². The van der Waals surface area contributed by atoms with Gasteiger partial charge in [-0.1, -0.05) is 155 Å². The first-order valence-corrected chi connectivity index (χ1v) is 15.2. The van der Waals surface area contributed by atoms with Crippen LogP contribution in [0.2, 0.25) is 0 Å². The molecule has 204 valence electrons. The Labute approximate surface area is 213 Å². The van der Waals surface area contributed by atoms with Crippen LogP contribution in [0.15, 0.2) is 0 Å². The predicted molar refractivity (Wildman–Crippen MR) is 147 cm³/mol. The summed E-state index contributed by atoms with van der Waals surface area (Å²) >= 11 is 0. The number of hydrogen-bond donors (Lipinski definition) is 3. The zero-order chi connectivity index (χ0) is 25.1. The van der Waals surface area contributed by atoms with Crippen molar-refractivity contribution in [1.82, 2.24) is 5.32 Å². The van der Waals surface area contributed by atoms with Gasteiger partial charge in [-0.3, -0.25) is 4.79 Å². The van der Waals surface area contributed by atoms with E-state index in [9.17, 15) is 15.0 Å². The van der Waals surface area contributed by atoms with Crippen LogP contribution in [0.4, 0.5) is 0 Å². The molecule has 0 saturated heterocycles. The lowest BCUT2D eigenvalue weighted by molar-refractivity contribution is -0.122. The molecule has 2 unspecified atom stereocenters. The smallest absolute Gasteiger partial charge is 0.220 e. The minimum absolute atomic E-state index is 0.118. The maximum atomic E-state index is 11.4. The second-order valence-corrected chi connectivity index (χ2v) is 10.5. The Balaban J connectivity index is 3.25. The molecule has 4 heteroatoms. The Morgan fingerprint density at radius 3 is 1.21 bits per heavy atom. The third kappa shape index (κ3) is 23.1. The van der Waals surface area contributed by atoms with Gasteiger partial charge in [-0.05, 0) is 6.42 Å².